The molecule has 3 rings (SSSR count). The van der Waals surface area contributed by atoms with Crippen molar-refractivity contribution in [2.45, 2.75) is 84.3 Å². The van der Waals surface area contributed by atoms with Crippen LogP contribution < -0.4 is 5.32 Å². The molecule has 0 aliphatic rings. The number of benzene rings is 3. The van der Waals surface area contributed by atoms with Gasteiger partial charge in [0.15, 0.2) is 0 Å². The fourth-order valence-corrected chi connectivity index (χ4v) is 4.47. The Balaban J connectivity index is 1.88. The Labute approximate surface area is 233 Å². The number of nitrogens with zero attached hydrogens (tertiary/aromatic N) is 1. The molecule has 5 heteroatoms. The summed E-state index contributed by atoms with van der Waals surface area (Å²) in [4.78, 5) is 29.2. The summed E-state index contributed by atoms with van der Waals surface area (Å²) in [6, 6.07) is 25.3. The van der Waals surface area contributed by atoms with Crippen molar-refractivity contribution in [1.82, 2.24) is 10.2 Å². The normalized spacial score (nSPS) is 13.0. The minimum atomic E-state index is -0.627. The first-order valence-corrected chi connectivity index (χ1v) is 13.9. The van der Waals surface area contributed by atoms with E-state index >= 15 is 0 Å². The van der Waals surface area contributed by atoms with Gasteiger partial charge in [-0.3, -0.25) is 9.59 Å². The number of hydrogen-bond acceptors (Lipinski definition) is 2. The van der Waals surface area contributed by atoms with Gasteiger partial charge in [0.25, 0.3) is 0 Å². The van der Waals surface area contributed by atoms with E-state index in [0.717, 1.165) is 23.1 Å². The number of hydrogen-bond donors (Lipinski definition) is 1. The first kappa shape index (κ1) is 29.4. The molecule has 2 amide bonds. The topological polar surface area (TPSA) is 49.4 Å². The molecule has 0 saturated heterocycles. The zero-order valence-corrected chi connectivity index (χ0v) is 24.1. The second-order valence-corrected chi connectivity index (χ2v) is 11.6. The second-order valence-electron chi connectivity index (χ2n) is 11.1. The third-order valence-corrected chi connectivity index (χ3v) is 7.24. The molecule has 0 aliphatic carbocycles. The van der Waals surface area contributed by atoms with Crippen molar-refractivity contribution in [1.29, 1.82) is 0 Å². The van der Waals surface area contributed by atoms with E-state index in [0.29, 0.717) is 30.8 Å². The lowest BCUT2D eigenvalue weighted by Crippen LogP contribution is -2.52. The molecule has 0 unspecified atom stereocenters. The molecule has 1 N–H and O–H groups in total. The van der Waals surface area contributed by atoms with E-state index in [4.69, 9.17) is 11.6 Å². The van der Waals surface area contributed by atoms with E-state index in [9.17, 15) is 9.59 Å². The number of halogens is 1. The SMILES string of the molecule is CC[C@H](C)NC(=O)[C@H](Cc1ccccc1)N(Cc1ccc(Cl)cc1)C(=O)CCc1ccc(C(C)(C)C)cc1. The quantitative estimate of drug-likeness (QED) is 0.285. The van der Waals surface area contributed by atoms with Crippen LogP contribution in [-0.4, -0.2) is 28.8 Å². The van der Waals surface area contributed by atoms with E-state index < -0.39 is 6.04 Å². The number of carbonyl (C=O) groups is 2. The Kier molecular flexibility index (Phi) is 10.6. The molecule has 202 valence electrons. The third kappa shape index (κ3) is 8.73. The molecule has 0 saturated carbocycles. The highest BCUT2D eigenvalue weighted by molar-refractivity contribution is 6.30. The van der Waals surface area contributed by atoms with Crippen LogP contribution in [0.15, 0.2) is 78.9 Å². The molecule has 0 radical (unpaired) electrons. The van der Waals surface area contributed by atoms with Gasteiger partial charge in [-0.25, -0.2) is 0 Å². The molecule has 0 aromatic heterocycles. The Morgan fingerprint density at radius 2 is 1.47 bits per heavy atom. The first-order chi connectivity index (χ1) is 18.1. The maximum absolute atomic E-state index is 13.8. The predicted octanol–water partition coefficient (Wildman–Crippen LogP) is 7.12. The highest BCUT2D eigenvalue weighted by Gasteiger charge is 2.30. The minimum Gasteiger partial charge on any atom is -0.352 e. The zero-order chi connectivity index (χ0) is 27.7. The van der Waals surface area contributed by atoms with Gasteiger partial charge < -0.3 is 10.2 Å². The van der Waals surface area contributed by atoms with Crippen LogP contribution in [0.3, 0.4) is 0 Å². The summed E-state index contributed by atoms with van der Waals surface area (Å²) < 4.78 is 0. The van der Waals surface area contributed by atoms with Crippen LogP contribution in [0, 0.1) is 0 Å². The van der Waals surface area contributed by atoms with Gasteiger partial charge in [0, 0.05) is 30.5 Å². The maximum Gasteiger partial charge on any atom is 0.243 e. The number of aryl methyl sites for hydroxylation is 1. The number of rotatable bonds is 11. The number of carbonyl (C=O) groups excluding carboxylic acids is 2. The van der Waals surface area contributed by atoms with Crippen molar-refractivity contribution in [3.63, 3.8) is 0 Å². The van der Waals surface area contributed by atoms with Crippen molar-refractivity contribution in [2.75, 3.05) is 0 Å². The number of nitrogens with one attached hydrogen (secondary N) is 1. The Bertz CT molecular complexity index is 1170. The highest BCUT2D eigenvalue weighted by Crippen LogP contribution is 2.23. The van der Waals surface area contributed by atoms with Crippen LogP contribution in [0.25, 0.3) is 0 Å². The van der Waals surface area contributed by atoms with Gasteiger partial charge in [-0.1, -0.05) is 106 Å². The minimum absolute atomic E-state index is 0.0228. The molecule has 2 atom stereocenters. The van der Waals surface area contributed by atoms with Gasteiger partial charge in [-0.05, 0) is 59.6 Å². The van der Waals surface area contributed by atoms with E-state index in [2.05, 4.69) is 50.4 Å². The molecule has 0 bridgehead atoms. The van der Waals surface area contributed by atoms with Gasteiger partial charge in [0.1, 0.15) is 6.04 Å². The molecular weight excluding hydrogens is 492 g/mol. The van der Waals surface area contributed by atoms with Crippen molar-refractivity contribution >= 4 is 23.4 Å². The third-order valence-electron chi connectivity index (χ3n) is 6.99. The lowest BCUT2D eigenvalue weighted by molar-refractivity contribution is -0.141. The average molecular weight is 533 g/mol. The summed E-state index contributed by atoms with van der Waals surface area (Å²) in [5, 5.41) is 3.76. The summed E-state index contributed by atoms with van der Waals surface area (Å²) in [7, 11) is 0. The van der Waals surface area contributed by atoms with E-state index in [1.165, 1.54) is 5.56 Å². The molecule has 0 aliphatic heterocycles. The van der Waals surface area contributed by atoms with Crippen molar-refractivity contribution in [2.24, 2.45) is 0 Å². The molecule has 4 nitrogen and oxygen atoms in total. The molecule has 0 spiro atoms. The fraction of sp³-hybridized carbons (Fsp3) is 0.394. The molecule has 0 fully saturated rings. The van der Waals surface area contributed by atoms with Crippen LogP contribution in [0.1, 0.15) is 69.7 Å². The standard InChI is InChI=1S/C33H41ClN2O2/c1-6-24(2)35-32(38)30(22-26-10-8-7-9-11-26)36(23-27-14-19-29(34)20-15-27)31(37)21-16-25-12-17-28(18-13-25)33(3,4)5/h7-15,17-20,24,30H,6,16,21-23H2,1-5H3,(H,35,38)/t24-,30-/m0/s1. The lowest BCUT2D eigenvalue weighted by atomic mass is 9.86. The summed E-state index contributed by atoms with van der Waals surface area (Å²) >= 11 is 6.12. The zero-order valence-electron chi connectivity index (χ0n) is 23.3. The van der Waals surface area contributed by atoms with Crippen molar-refractivity contribution in [3.8, 4) is 0 Å². The Morgan fingerprint density at radius 1 is 0.868 bits per heavy atom. The summed E-state index contributed by atoms with van der Waals surface area (Å²) in [6.45, 7) is 10.9. The molecule has 0 heterocycles. The van der Waals surface area contributed by atoms with Gasteiger partial charge in [-0.15, -0.1) is 0 Å². The Morgan fingerprint density at radius 3 is 2.05 bits per heavy atom. The van der Waals surface area contributed by atoms with Crippen molar-refractivity contribution in [3.05, 3.63) is 106 Å². The van der Waals surface area contributed by atoms with Crippen LogP contribution in [0.5, 0.6) is 0 Å². The molecular formula is C33H41ClN2O2. The summed E-state index contributed by atoms with van der Waals surface area (Å²) in [5.41, 5.74) is 4.41. The lowest BCUT2D eigenvalue weighted by Gasteiger charge is -2.32. The van der Waals surface area contributed by atoms with Crippen LogP contribution in [0.4, 0.5) is 0 Å². The fourth-order valence-electron chi connectivity index (χ4n) is 4.35. The average Bonchev–Trinajstić information content (AvgIpc) is 2.90. The van der Waals surface area contributed by atoms with E-state index in [1.54, 1.807) is 4.90 Å². The van der Waals surface area contributed by atoms with Gasteiger partial charge in [0.05, 0.1) is 0 Å². The van der Waals surface area contributed by atoms with Crippen LogP contribution >= 0.6 is 11.6 Å². The van der Waals surface area contributed by atoms with Crippen LogP contribution in [0.2, 0.25) is 5.02 Å². The van der Waals surface area contributed by atoms with E-state index in [1.807, 2.05) is 68.4 Å². The maximum atomic E-state index is 13.8. The van der Waals surface area contributed by atoms with Crippen molar-refractivity contribution < 1.29 is 9.59 Å². The largest absolute Gasteiger partial charge is 0.352 e. The predicted molar refractivity (Wildman–Crippen MR) is 157 cm³/mol. The van der Waals surface area contributed by atoms with Gasteiger partial charge in [-0.2, -0.15) is 0 Å². The smallest absolute Gasteiger partial charge is 0.243 e. The van der Waals surface area contributed by atoms with E-state index in [-0.39, 0.29) is 23.3 Å². The molecule has 3 aromatic carbocycles. The highest BCUT2D eigenvalue weighted by atomic mass is 35.5. The van der Waals surface area contributed by atoms with Crippen LogP contribution in [-0.2, 0) is 34.4 Å². The second kappa shape index (κ2) is 13.6. The molecule has 38 heavy (non-hydrogen) atoms. The number of amides is 2. The Hall–Kier alpha value is -3.11. The first-order valence-electron chi connectivity index (χ1n) is 13.5. The summed E-state index contributed by atoms with van der Waals surface area (Å²) in [5.74, 6) is -0.167. The van der Waals surface area contributed by atoms with Gasteiger partial charge >= 0.3 is 0 Å². The summed E-state index contributed by atoms with van der Waals surface area (Å²) in [6.07, 6.45) is 2.21. The van der Waals surface area contributed by atoms with Gasteiger partial charge in [0.2, 0.25) is 11.8 Å². The monoisotopic (exact) mass is 532 g/mol. The molecule has 3 aromatic rings.